The number of hydrogen-bond donors (Lipinski definition) is 2. The first-order valence-electron chi connectivity index (χ1n) is 7.49. The summed E-state index contributed by atoms with van der Waals surface area (Å²) in [5.41, 5.74) is 6.11. The Labute approximate surface area is 141 Å². The third-order valence-electron chi connectivity index (χ3n) is 3.49. The molecule has 1 saturated heterocycles. The van der Waals surface area contributed by atoms with Crippen LogP contribution >= 0.6 is 0 Å². The quantitative estimate of drug-likeness (QED) is 0.807. The van der Waals surface area contributed by atoms with E-state index < -0.39 is 23.8 Å². The highest BCUT2D eigenvalue weighted by Gasteiger charge is 2.38. The van der Waals surface area contributed by atoms with Gasteiger partial charge in [0.1, 0.15) is 11.6 Å². The molecule has 0 amide bonds. The first-order valence-corrected chi connectivity index (χ1v) is 7.49. The Morgan fingerprint density at radius 3 is 2.36 bits per heavy atom. The summed E-state index contributed by atoms with van der Waals surface area (Å²) in [6.45, 7) is 2.69. The van der Waals surface area contributed by atoms with Crippen LogP contribution in [0.4, 0.5) is 22.0 Å². The van der Waals surface area contributed by atoms with Gasteiger partial charge < -0.3 is 10.8 Å². The third-order valence-corrected chi connectivity index (χ3v) is 3.49. The fourth-order valence-corrected chi connectivity index (χ4v) is 2.11. The Hall–Kier alpha value is -2.00. The molecule has 4 nitrogen and oxygen atoms in total. The fraction of sp³-hybridized carbons (Fsp3) is 0.438. The zero-order valence-corrected chi connectivity index (χ0v) is 13.3. The first-order chi connectivity index (χ1) is 11.6. The molecule has 0 radical (unpaired) electrons. The number of piperidine rings is 1. The number of nitrogens with zero attached hydrogens (tertiary/aromatic N) is 1. The number of hydrogen-bond acceptors (Lipinski definition) is 3. The summed E-state index contributed by atoms with van der Waals surface area (Å²) < 4.78 is 58.0. The number of benzene rings is 1. The zero-order valence-electron chi connectivity index (χ0n) is 13.3. The molecule has 9 heteroatoms. The van der Waals surface area contributed by atoms with Gasteiger partial charge in [-0.05, 0) is 44.1 Å². The molecule has 1 heterocycles. The van der Waals surface area contributed by atoms with Crippen LogP contribution in [0.1, 0.15) is 18.4 Å². The van der Waals surface area contributed by atoms with Crippen molar-refractivity contribution < 1.29 is 31.9 Å². The molecule has 1 aromatic rings. The minimum absolute atomic E-state index is 0.295. The number of likely N-dealkylation sites (tertiary alicyclic amines) is 1. The first kappa shape index (κ1) is 21.0. The summed E-state index contributed by atoms with van der Waals surface area (Å²) >= 11 is 0. The van der Waals surface area contributed by atoms with Crippen LogP contribution in [-0.4, -0.2) is 47.8 Å². The Bertz CT molecular complexity index is 597. The lowest BCUT2D eigenvalue weighted by Crippen LogP contribution is -2.39. The van der Waals surface area contributed by atoms with Crippen LogP contribution in [0.25, 0.3) is 6.08 Å². The Morgan fingerprint density at radius 1 is 1.28 bits per heavy atom. The van der Waals surface area contributed by atoms with Crippen molar-refractivity contribution in [1.82, 2.24) is 4.90 Å². The third kappa shape index (κ3) is 8.08. The van der Waals surface area contributed by atoms with Gasteiger partial charge in [0.05, 0.1) is 0 Å². The maximum Gasteiger partial charge on any atom is 0.490 e. The van der Waals surface area contributed by atoms with Gasteiger partial charge >= 0.3 is 12.1 Å². The van der Waals surface area contributed by atoms with Gasteiger partial charge in [0.15, 0.2) is 0 Å². The van der Waals surface area contributed by atoms with Crippen molar-refractivity contribution >= 4 is 12.0 Å². The summed E-state index contributed by atoms with van der Waals surface area (Å²) in [4.78, 5) is 11.2. The molecule has 0 aliphatic carbocycles. The van der Waals surface area contributed by atoms with Gasteiger partial charge in [-0.2, -0.15) is 13.2 Å². The Balaban J connectivity index is 0.000000381. The monoisotopic (exact) mass is 366 g/mol. The zero-order chi connectivity index (χ0) is 19.0. The molecule has 0 unspecified atom stereocenters. The number of carboxylic acid groups (broad SMARTS) is 1. The summed E-state index contributed by atoms with van der Waals surface area (Å²) in [6.07, 6.45) is 0.423. The van der Waals surface area contributed by atoms with Crippen LogP contribution in [0.3, 0.4) is 0 Å². The van der Waals surface area contributed by atoms with Crippen molar-refractivity contribution in [3.8, 4) is 0 Å². The number of aliphatic carboxylic acids is 1. The highest BCUT2D eigenvalue weighted by Crippen LogP contribution is 2.13. The van der Waals surface area contributed by atoms with Crippen LogP contribution in [0.2, 0.25) is 0 Å². The summed E-state index contributed by atoms with van der Waals surface area (Å²) in [5, 5.41) is 7.12. The minimum atomic E-state index is -5.08. The van der Waals surface area contributed by atoms with Crippen LogP contribution in [0.5, 0.6) is 0 Å². The lowest BCUT2D eigenvalue weighted by molar-refractivity contribution is -0.192. The second kappa shape index (κ2) is 9.47. The number of carbonyl (C=O) groups is 1. The van der Waals surface area contributed by atoms with Gasteiger partial charge in [0.25, 0.3) is 0 Å². The molecule has 0 atom stereocenters. The van der Waals surface area contributed by atoms with Crippen LogP contribution in [0.15, 0.2) is 24.3 Å². The number of carboxylic acids is 1. The molecule has 2 rings (SSSR count). The highest BCUT2D eigenvalue weighted by molar-refractivity contribution is 5.73. The Morgan fingerprint density at radius 2 is 1.84 bits per heavy atom. The van der Waals surface area contributed by atoms with E-state index in [1.807, 2.05) is 6.08 Å². The smallest absolute Gasteiger partial charge is 0.475 e. The number of halogens is 5. The molecular formula is C16H19F5N2O2. The highest BCUT2D eigenvalue weighted by atomic mass is 19.4. The molecular weight excluding hydrogens is 347 g/mol. The van der Waals surface area contributed by atoms with E-state index in [0.717, 1.165) is 44.6 Å². The molecule has 1 aromatic carbocycles. The van der Waals surface area contributed by atoms with Gasteiger partial charge in [-0.15, -0.1) is 0 Å². The van der Waals surface area contributed by atoms with E-state index in [1.165, 1.54) is 6.07 Å². The standard InChI is InChI=1S/C14H18F2N2.C2HF3O2/c15-12-3-4-14(16)11(10-12)2-1-7-18-8-5-13(17)6-9-18;3-2(4,5)1(6)7/h1-4,10,13H,5-9,17H2;(H,6,7). The predicted octanol–water partition coefficient (Wildman–Crippen LogP) is 3.03. The normalized spacial score (nSPS) is 16.6. The van der Waals surface area contributed by atoms with E-state index in [4.69, 9.17) is 15.6 Å². The van der Waals surface area contributed by atoms with E-state index in [2.05, 4.69) is 4.90 Å². The van der Waals surface area contributed by atoms with E-state index in [9.17, 15) is 22.0 Å². The molecule has 1 aliphatic heterocycles. The Kier molecular flexibility index (Phi) is 7.98. The van der Waals surface area contributed by atoms with E-state index in [1.54, 1.807) is 6.08 Å². The van der Waals surface area contributed by atoms with E-state index in [-0.39, 0.29) is 0 Å². The molecule has 140 valence electrons. The fourth-order valence-electron chi connectivity index (χ4n) is 2.11. The summed E-state index contributed by atoms with van der Waals surface area (Å²) in [6, 6.07) is 3.79. The molecule has 3 N–H and O–H groups in total. The SMILES string of the molecule is NC1CCN(CC=Cc2cc(F)ccc2F)CC1.O=C(O)C(F)(F)F. The van der Waals surface area contributed by atoms with Crippen molar-refractivity contribution in [2.75, 3.05) is 19.6 Å². The van der Waals surface area contributed by atoms with Crippen LogP contribution in [0, 0.1) is 11.6 Å². The maximum atomic E-state index is 13.3. The lowest BCUT2D eigenvalue weighted by atomic mass is 10.1. The molecule has 1 fully saturated rings. The number of nitrogens with two attached hydrogens (primary N) is 1. The molecule has 25 heavy (non-hydrogen) atoms. The second-order valence-electron chi connectivity index (χ2n) is 5.51. The topological polar surface area (TPSA) is 66.6 Å². The minimum Gasteiger partial charge on any atom is -0.475 e. The van der Waals surface area contributed by atoms with Crippen molar-refractivity contribution in [2.45, 2.75) is 25.1 Å². The molecule has 0 bridgehead atoms. The molecule has 0 spiro atoms. The molecule has 1 aliphatic rings. The van der Waals surface area contributed by atoms with Crippen molar-refractivity contribution in [1.29, 1.82) is 0 Å². The van der Waals surface area contributed by atoms with Crippen molar-refractivity contribution in [3.63, 3.8) is 0 Å². The van der Waals surface area contributed by atoms with Crippen molar-refractivity contribution in [3.05, 3.63) is 41.5 Å². The van der Waals surface area contributed by atoms with Gasteiger partial charge in [-0.1, -0.05) is 12.2 Å². The average Bonchev–Trinajstić information content (AvgIpc) is 2.52. The maximum absolute atomic E-state index is 13.3. The average molecular weight is 366 g/mol. The molecule has 0 saturated carbocycles. The van der Waals surface area contributed by atoms with E-state index >= 15 is 0 Å². The van der Waals surface area contributed by atoms with Crippen molar-refractivity contribution in [2.24, 2.45) is 5.73 Å². The summed E-state index contributed by atoms with van der Waals surface area (Å²) in [7, 11) is 0. The van der Waals surface area contributed by atoms with E-state index in [0.29, 0.717) is 11.6 Å². The van der Waals surface area contributed by atoms with Gasteiger partial charge in [-0.25, -0.2) is 13.6 Å². The second-order valence-corrected chi connectivity index (χ2v) is 5.51. The lowest BCUT2D eigenvalue weighted by Gasteiger charge is -2.28. The molecule has 0 aromatic heterocycles. The van der Waals surface area contributed by atoms with Crippen LogP contribution < -0.4 is 5.73 Å². The van der Waals surface area contributed by atoms with Gasteiger partial charge in [0, 0.05) is 18.2 Å². The van der Waals surface area contributed by atoms with Gasteiger partial charge in [-0.3, -0.25) is 4.90 Å². The van der Waals surface area contributed by atoms with Gasteiger partial charge in [0.2, 0.25) is 0 Å². The number of alkyl halides is 3. The number of rotatable bonds is 3. The largest absolute Gasteiger partial charge is 0.490 e. The summed E-state index contributed by atoms with van der Waals surface area (Å²) in [5.74, 6) is -3.57. The predicted molar refractivity (Wildman–Crippen MR) is 82.7 cm³/mol. The van der Waals surface area contributed by atoms with Crippen LogP contribution in [-0.2, 0) is 4.79 Å².